The largest absolute Gasteiger partial charge is 0.491 e. The smallest absolute Gasteiger partial charge is 0.311 e. The average molecular weight is 291 g/mol. The second-order valence-electron chi connectivity index (χ2n) is 5.25. The maximum atomic E-state index is 12.2. The van der Waals surface area contributed by atoms with Crippen molar-refractivity contribution < 1.29 is 19.1 Å². The van der Waals surface area contributed by atoms with E-state index in [1.807, 2.05) is 32.0 Å². The molecular formula is C16H21NO4. The molecule has 1 aliphatic heterocycles. The van der Waals surface area contributed by atoms with Crippen LogP contribution in [-0.2, 0) is 14.3 Å². The molecule has 1 unspecified atom stereocenters. The van der Waals surface area contributed by atoms with Crippen molar-refractivity contribution in [2.24, 2.45) is 5.92 Å². The summed E-state index contributed by atoms with van der Waals surface area (Å²) >= 11 is 0. The van der Waals surface area contributed by atoms with E-state index in [0.29, 0.717) is 18.9 Å². The first-order chi connectivity index (χ1) is 10.1. The third kappa shape index (κ3) is 3.35. The van der Waals surface area contributed by atoms with Crippen LogP contribution in [0.3, 0.4) is 0 Å². The summed E-state index contributed by atoms with van der Waals surface area (Å²) in [4.78, 5) is 25.4. The lowest BCUT2D eigenvalue weighted by Crippen LogP contribution is -2.26. The quantitative estimate of drug-likeness (QED) is 0.781. The van der Waals surface area contributed by atoms with Crippen molar-refractivity contribution >= 4 is 17.6 Å². The van der Waals surface area contributed by atoms with Crippen molar-refractivity contribution in [3.05, 3.63) is 23.8 Å². The lowest BCUT2D eigenvalue weighted by molar-refractivity contribution is -0.145. The Morgan fingerprint density at radius 2 is 2.19 bits per heavy atom. The Balaban J connectivity index is 2.25. The van der Waals surface area contributed by atoms with Crippen molar-refractivity contribution in [1.29, 1.82) is 0 Å². The zero-order chi connectivity index (χ0) is 15.4. The van der Waals surface area contributed by atoms with Gasteiger partial charge in [-0.05, 0) is 31.0 Å². The minimum atomic E-state index is -0.400. The second kappa shape index (κ2) is 6.61. The monoisotopic (exact) mass is 291 g/mol. The first kappa shape index (κ1) is 15.4. The zero-order valence-electron chi connectivity index (χ0n) is 12.7. The summed E-state index contributed by atoms with van der Waals surface area (Å²) in [5, 5.41) is 0. The third-order valence-corrected chi connectivity index (χ3v) is 3.53. The molecule has 1 aromatic rings. The Morgan fingerprint density at radius 1 is 1.43 bits per heavy atom. The molecule has 1 aliphatic rings. The Bertz CT molecular complexity index is 541. The number of methoxy groups -OCH3 is 1. The molecule has 2 rings (SSSR count). The fourth-order valence-electron chi connectivity index (χ4n) is 2.44. The lowest BCUT2D eigenvalue weighted by atomic mass is 10.1. The summed E-state index contributed by atoms with van der Waals surface area (Å²) in [7, 11) is 1.34. The molecule has 1 heterocycles. The van der Waals surface area contributed by atoms with Gasteiger partial charge < -0.3 is 14.4 Å². The average Bonchev–Trinajstić information content (AvgIpc) is 2.86. The summed E-state index contributed by atoms with van der Waals surface area (Å²) < 4.78 is 10.5. The van der Waals surface area contributed by atoms with E-state index in [9.17, 15) is 9.59 Å². The van der Waals surface area contributed by atoms with Gasteiger partial charge in [0.1, 0.15) is 5.75 Å². The molecule has 0 aliphatic carbocycles. The number of nitrogens with zero attached hydrogens (tertiary/aromatic N) is 1. The van der Waals surface area contributed by atoms with Crippen molar-refractivity contribution in [3.63, 3.8) is 0 Å². The summed E-state index contributed by atoms with van der Waals surface area (Å²) in [6.07, 6.45) is 1.08. The Kier molecular flexibility index (Phi) is 4.83. The maximum absolute atomic E-state index is 12.2. The molecule has 1 atom stereocenters. The van der Waals surface area contributed by atoms with E-state index in [1.165, 1.54) is 7.11 Å². The Morgan fingerprint density at radius 3 is 2.86 bits per heavy atom. The van der Waals surface area contributed by atoms with E-state index in [2.05, 4.69) is 0 Å². The van der Waals surface area contributed by atoms with Crippen LogP contribution in [-0.4, -0.2) is 32.1 Å². The topological polar surface area (TPSA) is 55.8 Å². The first-order valence-corrected chi connectivity index (χ1v) is 7.18. The maximum Gasteiger partial charge on any atom is 0.311 e. The van der Waals surface area contributed by atoms with Crippen LogP contribution in [0.4, 0.5) is 5.69 Å². The van der Waals surface area contributed by atoms with Gasteiger partial charge in [0.25, 0.3) is 0 Å². The first-order valence-electron chi connectivity index (χ1n) is 7.18. The van der Waals surface area contributed by atoms with E-state index < -0.39 is 5.92 Å². The van der Waals surface area contributed by atoms with Gasteiger partial charge >= 0.3 is 5.97 Å². The molecule has 1 amide bonds. The number of carbonyl (C=O) groups excluding carboxylic acids is 2. The van der Waals surface area contributed by atoms with Crippen LogP contribution >= 0.6 is 0 Å². The summed E-state index contributed by atoms with van der Waals surface area (Å²) in [5.41, 5.74) is 1.80. The molecule has 0 bridgehead atoms. The number of hydrogen-bond donors (Lipinski definition) is 0. The molecule has 0 spiro atoms. The van der Waals surface area contributed by atoms with Crippen molar-refractivity contribution in [1.82, 2.24) is 0 Å². The van der Waals surface area contributed by atoms with Crippen LogP contribution in [0.2, 0.25) is 0 Å². The molecule has 0 aromatic heterocycles. The highest BCUT2D eigenvalue weighted by Crippen LogP contribution is 2.34. The zero-order valence-corrected chi connectivity index (χ0v) is 12.7. The molecule has 0 saturated carbocycles. The van der Waals surface area contributed by atoms with E-state index in [-0.39, 0.29) is 18.3 Å². The van der Waals surface area contributed by atoms with Crippen LogP contribution in [0.1, 0.15) is 25.3 Å². The molecule has 0 N–H and O–H groups in total. The third-order valence-electron chi connectivity index (χ3n) is 3.53. The molecule has 5 heteroatoms. The van der Waals surface area contributed by atoms with E-state index >= 15 is 0 Å². The fraction of sp³-hybridized carbons (Fsp3) is 0.500. The molecule has 1 aromatic carbocycles. The van der Waals surface area contributed by atoms with Gasteiger partial charge in [-0.3, -0.25) is 9.59 Å². The molecule has 5 nitrogen and oxygen atoms in total. The SMILES string of the molecule is CCCOc1cc(C)ccc1N1CC(C(=O)OC)CC1=O. The predicted molar refractivity (Wildman–Crippen MR) is 79.4 cm³/mol. The van der Waals surface area contributed by atoms with E-state index in [0.717, 1.165) is 17.7 Å². The molecule has 1 saturated heterocycles. The number of ether oxygens (including phenoxy) is 2. The van der Waals surface area contributed by atoms with Crippen LogP contribution in [0.15, 0.2) is 18.2 Å². The van der Waals surface area contributed by atoms with Crippen molar-refractivity contribution in [2.75, 3.05) is 25.2 Å². The number of aryl methyl sites for hydroxylation is 1. The molecule has 21 heavy (non-hydrogen) atoms. The number of anilines is 1. The van der Waals surface area contributed by atoms with Gasteiger partial charge in [0.2, 0.25) is 5.91 Å². The highest BCUT2D eigenvalue weighted by atomic mass is 16.5. The standard InChI is InChI=1S/C16H21NO4/c1-4-7-21-14-8-11(2)5-6-13(14)17-10-12(9-15(17)18)16(19)20-3/h5-6,8,12H,4,7,9-10H2,1-3H3. The number of amides is 1. The van der Waals surface area contributed by atoms with Gasteiger partial charge in [0.05, 0.1) is 25.3 Å². The van der Waals surface area contributed by atoms with Crippen LogP contribution < -0.4 is 9.64 Å². The predicted octanol–water partition coefficient (Wildman–Crippen LogP) is 2.31. The van der Waals surface area contributed by atoms with Crippen LogP contribution in [0.25, 0.3) is 0 Å². The highest BCUT2D eigenvalue weighted by molar-refractivity contribution is 6.00. The normalized spacial score (nSPS) is 18.0. The minimum absolute atomic E-state index is 0.0735. The molecule has 0 radical (unpaired) electrons. The number of esters is 1. The van der Waals surface area contributed by atoms with Crippen LogP contribution in [0.5, 0.6) is 5.75 Å². The van der Waals surface area contributed by atoms with Crippen molar-refractivity contribution in [2.45, 2.75) is 26.7 Å². The summed E-state index contributed by atoms with van der Waals surface area (Å²) in [6.45, 7) is 4.95. The van der Waals surface area contributed by atoms with E-state index in [1.54, 1.807) is 4.90 Å². The number of carbonyl (C=O) groups is 2. The van der Waals surface area contributed by atoms with Gasteiger partial charge in [-0.1, -0.05) is 13.0 Å². The summed E-state index contributed by atoms with van der Waals surface area (Å²) in [5.74, 6) is -0.122. The molecular weight excluding hydrogens is 270 g/mol. The number of hydrogen-bond acceptors (Lipinski definition) is 4. The molecule has 1 fully saturated rings. The van der Waals surface area contributed by atoms with Gasteiger partial charge in [-0.2, -0.15) is 0 Å². The second-order valence-corrected chi connectivity index (χ2v) is 5.25. The highest BCUT2D eigenvalue weighted by Gasteiger charge is 2.36. The summed E-state index contributed by atoms with van der Waals surface area (Å²) in [6, 6.07) is 5.73. The number of rotatable bonds is 5. The Hall–Kier alpha value is -2.04. The van der Waals surface area contributed by atoms with Gasteiger partial charge in [-0.15, -0.1) is 0 Å². The van der Waals surface area contributed by atoms with Gasteiger partial charge in [0, 0.05) is 13.0 Å². The lowest BCUT2D eigenvalue weighted by Gasteiger charge is -2.20. The Labute approximate surface area is 124 Å². The van der Waals surface area contributed by atoms with E-state index in [4.69, 9.17) is 9.47 Å². The van der Waals surface area contributed by atoms with Crippen molar-refractivity contribution in [3.8, 4) is 5.75 Å². The molecule has 114 valence electrons. The fourth-order valence-corrected chi connectivity index (χ4v) is 2.44. The minimum Gasteiger partial charge on any atom is -0.491 e. The van der Waals surface area contributed by atoms with Crippen LogP contribution in [0, 0.1) is 12.8 Å². The van der Waals surface area contributed by atoms with Gasteiger partial charge in [0.15, 0.2) is 0 Å². The number of benzene rings is 1. The van der Waals surface area contributed by atoms with Gasteiger partial charge in [-0.25, -0.2) is 0 Å².